The van der Waals surface area contributed by atoms with Crippen LogP contribution in [0.1, 0.15) is 43.9 Å². The van der Waals surface area contributed by atoms with Gasteiger partial charge in [-0.2, -0.15) is 0 Å². The van der Waals surface area contributed by atoms with Gasteiger partial charge in [-0.3, -0.25) is 4.79 Å². The highest BCUT2D eigenvalue weighted by Gasteiger charge is 2.19. The number of amides is 1. The maximum atomic E-state index is 11.6. The van der Waals surface area contributed by atoms with Crippen LogP contribution in [0.2, 0.25) is 0 Å². The van der Waals surface area contributed by atoms with E-state index in [1.54, 1.807) is 0 Å². The number of aryl methyl sites for hydroxylation is 1. The van der Waals surface area contributed by atoms with Crippen LogP contribution in [0.5, 0.6) is 5.75 Å². The monoisotopic (exact) mass is 262 g/mol. The fourth-order valence-corrected chi connectivity index (χ4v) is 2.28. The quantitative estimate of drug-likeness (QED) is 0.852. The highest BCUT2D eigenvalue weighted by Crippen LogP contribution is 2.31. The normalized spacial score (nSPS) is 18.8. The molecule has 2 atom stereocenters. The molecular weight excluding hydrogens is 240 g/mol. The van der Waals surface area contributed by atoms with Crippen LogP contribution in [0, 0.1) is 0 Å². The standard InChI is InChI=1S/C15H22N2O2/c1-3-10(2)17-15(18)9-19-12-5-6-13-11(8-12)4-7-14(13)16/h5-6,8,10,14H,3-4,7,9,16H2,1-2H3,(H,17,18). The van der Waals surface area contributed by atoms with Gasteiger partial charge in [-0.15, -0.1) is 0 Å². The second kappa shape index (κ2) is 6.06. The van der Waals surface area contributed by atoms with Crippen LogP contribution >= 0.6 is 0 Å². The van der Waals surface area contributed by atoms with Gasteiger partial charge in [0.15, 0.2) is 6.61 Å². The highest BCUT2D eigenvalue weighted by molar-refractivity contribution is 5.77. The number of nitrogens with one attached hydrogen (secondary N) is 1. The summed E-state index contributed by atoms with van der Waals surface area (Å²) in [7, 11) is 0. The second-order valence-corrected chi connectivity index (χ2v) is 5.17. The fourth-order valence-electron chi connectivity index (χ4n) is 2.28. The third-order valence-electron chi connectivity index (χ3n) is 3.63. The number of carbonyl (C=O) groups is 1. The third-order valence-corrected chi connectivity index (χ3v) is 3.63. The number of benzene rings is 1. The minimum atomic E-state index is -0.0773. The van der Waals surface area contributed by atoms with Gasteiger partial charge in [-0.1, -0.05) is 13.0 Å². The van der Waals surface area contributed by atoms with Crippen molar-refractivity contribution in [3.8, 4) is 5.75 Å². The van der Waals surface area contributed by atoms with E-state index in [0.717, 1.165) is 25.0 Å². The molecule has 1 aliphatic carbocycles. The van der Waals surface area contributed by atoms with Crippen molar-refractivity contribution in [2.75, 3.05) is 6.61 Å². The van der Waals surface area contributed by atoms with E-state index in [1.165, 1.54) is 11.1 Å². The highest BCUT2D eigenvalue weighted by atomic mass is 16.5. The maximum Gasteiger partial charge on any atom is 0.258 e. The molecule has 0 radical (unpaired) electrons. The van der Waals surface area contributed by atoms with Crippen LogP contribution in [0.15, 0.2) is 18.2 Å². The number of nitrogens with two attached hydrogens (primary N) is 1. The van der Waals surface area contributed by atoms with Gasteiger partial charge >= 0.3 is 0 Å². The molecule has 104 valence electrons. The van der Waals surface area contributed by atoms with E-state index in [1.807, 2.05) is 32.0 Å². The Morgan fingerprint density at radius 1 is 1.58 bits per heavy atom. The summed E-state index contributed by atoms with van der Waals surface area (Å²) in [6.45, 7) is 4.08. The van der Waals surface area contributed by atoms with Crippen LogP contribution in [-0.2, 0) is 11.2 Å². The number of ether oxygens (including phenoxy) is 1. The Labute approximate surface area is 114 Å². The predicted molar refractivity (Wildman–Crippen MR) is 75.1 cm³/mol. The number of hydrogen-bond donors (Lipinski definition) is 2. The zero-order chi connectivity index (χ0) is 13.8. The number of rotatable bonds is 5. The Balaban J connectivity index is 1.89. The summed E-state index contributed by atoms with van der Waals surface area (Å²) in [5, 5.41) is 2.88. The van der Waals surface area contributed by atoms with Crippen LogP contribution < -0.4 is 15.8 Å². The van der Waals surface area contributed by atoms with Crippen molar-refractivity contribution in [2.45, 2.75) is 45.2 Å². The van der Waals surface area contributed by atoms with Crippen molar-refractivity contribution >= 4 is 5.91 Å². The van der Waals surface area contributed by atoms with Gasteiger partial charge in [0, 0.05) is 12.1 Å². The van der Waals surface area contributed by atoms with Crippen LogP contribution in [-0.4, -0.2) is 18.6 Å². The average Bonchev–Trinajstić information content (AvgIpc) is 2.77. The number of fused-ring (bicyclic) bond motifs is 1. The summed E-state index contributed by atoms with van der Waals surface area (Å²) in [6.07, 6.45) is 2.91. The molecule has 1 amide bonds. The topological polar surface area (TPSA) is 64.3 Å². The zero-order valence-electron chi connectivity index (χ0n) is 11.6. The molecule has 19 heavy (non-hydrogen) atoms. The van der Waals surface area contributed by atoms with Crippen LogP contribution in [0.25, 0.3) is 0 Å². The summed E-state index contributed by atoms with van der Waals surface area (Å²) in [6, 6.07) is 6.24. The van der Waals surface area contributed by atoms with Crippen molar-refractivity contribution in [3.63, 3.8) is 0 Å². The second-order valence-electron chi connectivity index (χ2n) is 5.17. The van der Waals surface area contributed by atoms with Gasteiger partial charge in [0.1, 0.15) is 5.75 Å². The smallest absolute Gasteiger partial charge is 0.258 e. The lowest BCUT2D eigenvalue weighted by Crippen LogP contribution is -2.35. The Bertz CT molecular complexity index is 459. The molecule has 4 heteroatoms. The Morgan fingerprint density at radius 3 is 3.11 bits per heavy atom. The lowest BCUT2D eigenvalue weighted by atomic mass is 10.1. The molecule has 2 unspecified atom stereocenters. The van der Waals surface area contributed by atoms with E-state index in [0.29, 0.717) is 0 Å². The molecule has 0 aliphatic heterocycles. The predicted octanol–water partition coefficient (Wildman–Crippen LogP) is 1.93. The molecule has 0 bridgehead atoms. The van der Waals surface area contributed by atoms with Gasteiger partial charge in [-0.05, 0) is 49.4 Å². The molecule has 1 aromatic carbocycles. The SMILES string of the molecule is CCC(C)NC(=O)COc1ccc2c(c1)CCC2N. The molecule has 2 rings (SSSR count). The maximum absolute atomic E-state index is 11.6. The third kappa shape index (κ3) is 3.47. The lowest BCUT2D eigenvalue weighted by molar-refractivity contribution is -0.123. The van der Waals surface area contributed by atoms with E-state index in [9.17, 15) is 4.79 Å². The number of carbonyl (C=O) groups excluding carboxylic acids is 1. The minimum absolute atomic E-state index is 0.0647. The first-order valence-electron chi connectivity index (χ1n) is 6.90. The largest absolute Gasteiger partial charge is 0.484 e. The average molecular weight is 262 g/mol. The van der Waals surface area contributed by atoms with E-state index < -0.39 is 0 Å². The molecule has 0 saturated carbocycles. The summed E-state index contributed by atoms with van der Waals surface area (Å²) < 4.78 is 5.52. The van der Waals surface area contributed by atoms with Crippen LogP contribution in [0.3, 0.4) is 0 Å². The van der Waals surface area contributed by atoms with E-state index >= 15 is 0 Å². The van der Waals surface area contributed by atoms with Crippen molar-refractivity contribution in [1.29, 1.82) is 0 Å². The molecule has 3 N–H and O–H groups in total. The zero-order valence-corrected chi connectivity index (χ0v) is 11.6. The molecule has 0 heterocycles. The Morgan fingerprint density at radius 2 is 2.37 bits per heavy atom. The van der Waals surface area contributed by atoms with Crippen molar-refractivity contribution < 1.29 is 9.53 Å². The molecule has 0 spiro atoms. The van der Waals surface area contributed by atoms with Gasteiger partial charge in [-0.25, -0.2) is 0 Å². The first-order valence-corrected chi connectivity index (χ1v) is 6.90. The van der Waals surface area contributed by atoms with Gasteiger partial charge in [0.25, 0.3) is 5.91 Å². The first-order chi connectivity index (χ1) is 9.10. The summed E-state index contributed by atoms with van der Waals surface area (Å²) in [5.41, 5.74) is 8.43. The molecule has 1 aromatic rings. The van der Waals surface area contributed by atoms with Crippen molar-refractivity contribution in [1.82, 2.24) is 5.32 Å². The minimum Gasteiger partial charge on any atom is -0.484 e. The lowest BCUT2D eigenvalue weighted by Gasteiger charge is -2.12. The van der Waals surface area contributed by atoms with Gasteiger partial charge in [0.05, 0.1) is 0 Å². The Hall–Kier alpha value is -1.55. The first kappa shape index (κ1) is 13.9. The van der Waals surface area contributed by atoms with E-state index in [2.05, 4.69) is 5.32 Å². The fraction of sp³-hybridized carbons (Fsp3) is 0.533. The van der Waals surface area contributed by atoms with Crippen molar-refractivity contribution in [3.05, 3.63) is 29.3 Å². The van der Waals surface area contributed by atoms with E-state index in [4.69, 9.17) is 10.5 Å². The van der Waals surface area contributed by atoms with Crippen LogP contribution in [0.4, 0.5) is 0 Å². The Kier molecular flexibility index (Phi) is 4.43. The van der Waals surface area contributed by atoms with Gasteiger partial charge < -0.3 is 15.8 Å². The molecule has 0 saturated heterocycles. The molecule has 4 nitrogen and oxygen atoms in total. The molecular formula is C15H22N2O2. The molecule has 0 aromatic heterocycles. The molecule has 1 aliphatic rings. The summed E-state index contributed by atoms with van der Waals surface area (Å²) in [4.78, 5) is 11.6. The molecule has 0 fully saturated rings. The van der Waals surface area contributed by atoms with Crippen molar-refractivity contribution in [2.24, 2.45) is 5.73 Å². The number of hydrogen-bond acceptors (Lipinski definition) is 3. The van der Waals surface area contributed by atoms with Gasteiger partial charge in [0.2, 0.25) is 0 Å². The summed E-state index contributed by atoms with van der Waals surface area (Å²) >= 11 is 0. The summed E-state index contributed by atoms with van der Waals surface area (Å²) in [5.74, 6) is 0.665. The van der Waals surface area contributed by atoms with E-state index in [-0.39, 0.29) is 24.6 Å².